The van der Waals surface area contributed by atoms with E-state index >= 15 is 0 Å². The van der Waals surface area contributed by atoms with Crippen molar-refractivity contribution in [1.82, 2.24) is 10.2 Å². The molecular formula is C13H22N4. The van der Waals surface area contributed by atoms with Crippen LogP contribution >= 0.6 is 0 Å². The largest absolute Gasteiger partial charge is 0.353 e. The van der Waals surface area contributed by atoms with Crippen LogP contribution in [0.1, 0.15) is 37.9 Å². The Balaban J connectivity index is 1.90. The number of nitrogens with two attached hydrogens (primary N) is 1. The summed E-state index contributed by atoms with van der Waals surface area (Å²) in [7, 11) is 0. The Morgan fingerprint density at radius 3 is 3.00 bits per heavy atom. The normalized spacial score (nSPS) is 27.2. The van der Waals surface area contributed by atoms with E-state index in [2.05, 4.69) is 28.9 Å². The number of hydrogen-bond donors (Lipinski definition) is 2. The van der Waals surface area contributed by atoms with Gasteiger partial charge in [0.05, 0.1) is 0 Å². The highest BCUT2D eigenvalue weighted by molar-refractivity contribution is 5.51. The van der Waals surface area contributed by atoms with E-state index in [0.717, 1.165) is 32.4 Å². The van der Waals surface area contributed by atoms with Crippen LogP contribution in [0.15, 0.2) is 0 Å². The van der Waals surface area contributed by atoms with Crippen LogP contribution in [0, 0.1) is 5.41 Å². The van der Waals surface area contributed by atoms with Gasteiger partial charge in [-0.1, -0.05) is 13.8 Å². The quantitative estimate of drug-likeness (QED) is 0.773. The smallest absolute Gasteiger partial charge is 0.153 e. The van der Waals surface area contributed by atoms with Crippen molar-refractivity contribution >= 4 is 5.82 Å². The fourth-order valence-electron chi connectivity index (χ4n) is 3.05. The van der Waals surface area contributed by atoms with Crippen LogP contribution in [0.5, 0.6) is 0 Å². The van der Waals surface area contributed by atoms with Gasteiger partial charge in [-0.15, -0.1) is 0 Å². The molecule has 0 spiro atoms. The lowest BCUT2D eigenvalue weighted by atomic mass is 9.76. The fraction of sp³-hybridized carbons (Fsp3) is 0.769. The Bertz CT molecular complexity index is 421. The Morgan fingerprint density at radius 2 is 2.29 bits per heavy atom. The van der Waals surface area contributed by atoms with Crippen molar-refractivity contribution in [3.8, 4) is 0 Å². The van der Waals surface area contributed by atoms with Crippen molar-refractivity contribution in [3.05, 3.63) is 11.3 Å². The fourth-order valence-corrected chi connectivity index (χ4v) is 3.05. The molecule has 94 valence electrons. The van der Waals surface area contributed by atoms with Gasteiger partial charge in [-0.3, -0.25) is 5.10 Å². The predicted molar refractivity (Wildman–Crippen MR) is 69.2 cm³/mol. The van der Waals surface area contributed by atoms with Crippen LogP contribution in [0.4, 0.5) is 5.82 Å². The number of nitrogens with one attached hydrogen (secondary N) is 1. The molecule has 1 unspecified atom stereocenters. The van der Waals surface area contributed by atoms with E-state index in [-0.39, 0.29) is 0 Å². The zero-order valence-electron chi connectivity index (χ0n) is 10.8. The lowest BCUT2D eigenvalue weighted by Gasteiger charge is -2.30. The molecule has 1 aromatic heterocycles. The minimum Gasteiger partial charge on any atom is -0.353 e. The summed E-state index contributed by atoms with van der Waals surface area (Å²) >= 11 is 0. The molecule has 2 heterocycles. The molecule has 1 atom stereocenters. The summed E-state index contributed by atoms with van der Waals surface area (Å²) in [6.45, 7) is 6.71. The van der Waals surface area contributed by atoms with Crippen molar-refractivity contribution in [2.45, 2.75) is 45.6 Å². The monoisotopic (exact) mass is 234 g/mol. The number of rotatable bonds is 1. The summed E-state index contributed by atoms with van der Waals surface area (Å²) < 4.78 is 0. The number of H-pyrrole nitrogens is 1. The molecule has 1 saturated heterocycles. The van der Waals surface area contributed by atoms with Gasteiger partial charge < -0.3 is 10.6 Å². The zero-order chi connectivity index (χ0) is 12.0. The van der Waals surface area contributed by atoms with Crippen LogP contribution in [-0.4, -0.2) is 29.3 Å². The molecule has 4 heteroatoms. The van der Waals surface area contributed by atoms with Crippen LogP contribution in [0.3, 0.4) is 0 Å². The summed E-state index contributed by atoms with van der Waals surface area (Å²) in [6.07, 6.45) is 4.61. The number of hydrogen-bond acceptors (Lipinski definition) is 3. The molecule has 1 aliphatic heterocycles. The molecule has 3 rings (SSSR count). The molecule has 2 aliphatic rings. The van der Waals surface area contributed by atoms with Gasteiger partial charge in [-0.25, -0.2) is 0 Å². The molecule has 0 saturated carbocycles. The topological polar surface area (TPSA) is 57.9 Å². The predicted octanol–water partition coefficient (Wildman–Crippen LogP) is 1.46. The van der Waals surface area contributed by atoms with Gasteiger partial charge >= 0.3 is 0 Å². The summed E-state index contributed by atoms with van der Waals surface area (Å²) in [4.78, 5) is 2.35. The molecule has 0 bridgehead atoms. The average Bonchev–Trinajstić information content (AvgIpc) is 2.82. The van der Waals surface area contributed by atoms with Gasteiger partial charge in [0.15, 0.2) is 5.82 Å². The maximum absolute atomic E-state index is 5.98. The number of nitrogens with zero attached hydrogens (tertiary/aromatic N) is 2. The second-order valence-electron chi connectivity index (χ2n) is 6.34. The van der Waals surface area contributed by atoms with E-state index in [9.17, 15) is 0 Å². The Labute approximate surface area is 103 Å². The van der Waals surface area contributed by atoms with Gasteiger partial charge in [0.2, 0.25) is 0 Å². The minimum absolute atomic E-state index is 0.318. The Morgan fingerprint density at radius 1 is 1.47 bits per heavy atom. The number of anilines is 1. The van der Waals surface area contributed by atoms with E-state index in [4.69, 9.17) is 5.73 Å². The SMILES string of the molecule is CC1(C)CCc2[nH]nc(N3CCC(N)C3)c2C1. The molecule has 1 aromatic rings. The number of aryl methyl sites for hydroxylation is 1. The van der Waals surface area contributed by atoms with Crippen molar-refractivity contribution < 1.29 is 0 Å². The van der Waals surface area contributed by atoms with Crippen molar-refractivity contribution in [2.24, 2.45) is 11.1 Å². The summed E-state index contributed by atoms with van der Waals surface area (Å²) in [5.74, 6) is 1.17. The Hall–Kier alpha value is -1.03. The molecule has 1 aliphatic carbocycles. The molecule has 0 aromatic carbocycles. The highest BCUT2D eigenvalue weighted by atomic mass is 15.3. The van der Waals surface area contributed by atoms with Crippen molar-refractivity contribution in [1.29, 1.82) is 0 Å². The van der Waals surface area contributed by atoms with Gasteiger partial charge in [0.1, 0.15) is 0 Å². The van der Waals surface area contributed by atoms with Crippen LogP contribution in [-0.2, 0) is 12.8 Å². The first-order chi connectivity index (χ1) is 8.05. The van der Waals surface area contributed by atoms with Gasteiger partial charge in [-0.2, -0.15) is 5.10 Å². The van der Waals surface area contributed by atoms with E-state index in [1.165, 1.54) is 23.5 Å². The first kappa shape index (κ1) is 11.1. The first-order valence-electron chi connectivity index (χ1n) is 6.62. The van der Waals surface area contributed by atoms with Gasteiger partial charge in [0, 0.05) is 30.4 Å². The van der Waals surface area contributed by atoms with E-state index in [1.54, 1.807) is 0 Å². The lowest BCUT2D eigenvalue weighted by Crippen LogP contribution is -2.28. The van der Waals surface area contributed by atoms with Crippen molar-refractivity contribution in [3.63, 3.8) is 0 Å². The van der Waals surface area contributed by atoms with Crippen LogP contribution in [0.2, 0.25) is 0 Å². The second kappa shape index (κ2) is 3.73. The highest BCUT2D eigenvalue weighted by Gasteiger charge is 2.32. The van der Waals surface area contributed by atoms with Crippen LogP contribution in [0.25, 0.3) is 0 Å². The third-order valence-corrected chi connectivity index (χ3v) is 4.16. The molecule has 1 fully saturated rings. The molecule has 0 amide bonds. The number of aromatic nitrogens is 2. The maximum atomic E-state index is 5.98. The number of fused-ring (bicyclic) bond motifs is 1. The zero-order valence-corrected chi connectivity index (χ0v) is 10.8. The molecule has 17 heavy (non-hydrogen) atoms. The molecule has 4 nitrogen and oxygen atoms in total. The standard InChI is InChI=1S/C13H22N4/c1-13(2)5-3-11-10(7-13)12(16-15-11)17-6-4-9(14)8-17/h9H,3-8,14H2,1-2H3,(H,15,16). The number of aromatic amines is 1. The van der Waals surface area contributed by atoms with Gasteiger partial charge in [0.25, 0.3) is 0 Å². The maximum Gasteiger partial charge on any atom is 0.153 e. The third-order valence-electron chi connectivity index (χ3n) is 4.16. The molecule has 0 radical (unpaired) electrons. The van der Waals surface area contributed by atoms with E-state index < -0.39 is 0 Å². The summed E-state index contributed by atoms with van der Waals surface area (Å²) in [6, 6.07) is 0.318. The molecule has 3 N–H and O–H groups in total. The summed E-state index contributed by atoms with van der Waals surface area (Å²) in [5.41, 5.74) is 9.18. The second-order valence-corrected chi connectivity index (χ2v) is 6.34. The molecular weight excluding hydrogens is 212 g/mol. The van der Waals surface area contributed by atoms with Crippen molar-refractivity contribution in [2.75, 3.05) is 18.0 Å². The highest BCUT2D eigenvalue weighted by Crippen LogP contribution is 2.38. The third kappa shape index (κ3) is 1.95. The lowest BCUT2D eigenvalue weighted by molar-refractivity contribution is 0.314. The first-order valence-corrected chi connectivity index (χ1v) is 6.62. The average molecular weight is 234 g/mol. The van der Waals surface area contributed by atoms with Crippen LogP contribution < -0.4 is 10.6 Å². The van der Waals surface area contributed by atoms with E-state index in [1.807, 2.05) is 0 Å². The summed E-state index contributed by atoms with van der Waals surface area (Å²) in [5, 5.41) is 7.75. The minimum atomic E-state index is 0.318. The van der Waals surface area contributed by atoms with Gasteiger partial charge in [-0.05, 0) is 31.1 Å². The van der Waals surface area contributed by atoms with E-state index in [0.29, 0.717) is 11.5 Å². The Kier molecular flexibility index (Phi) is 2.43.